The normalized spacial score (nSPS) is 12.1. The van der Waals surface area contributed by atoms with E-state index in [4.69, 9.17) is 0 Å². The molecule has 60 heavy (non-hydrogen) atoms. The third-order valence-electron chi connectivity index (χ3n) is 12.5. The summed E-state index contributed by atoms with van der Waals surface area (Å²) >= 11 is 0. The summed E-state index contributed by atoms with van der Waals surface area (Å²) in [5, 5.41) is 9.53. The molecule has 0 aliphatic carbocycles. The second-order valence-corrected chi connectivity index (χ2v) is 15.7. The van der Waals surface area contributed by atoms with Gasteiger partial charge in [-0.2, -0.15) is 0 Å². The van der Waals surface area contributed by atoms with Crippen molar-refractivity contribution in [3.05, 3.63) is 217 Å². The molecule has 4 heterocycles. The average molecular weight is 767 g/mol. The Kier molecular flexibility index (Phi) is 6.81. The molecule has 0 atom stereocenters. The summed E-state index contributed by atoms with van der Waals surface area (Å²) in [6, 6.07) is 72.8. The predicted octanol–water partition coefficient (Wildman–Crippen LogP) is 13.4. The van der Waals surface area contributed by atoms with E-state index in [1.807, 2.05) is 28.8 Å². The van der Waals surface area contributed by atoms with Crippen LogP contribution in [0.4, 0.5) is 0 Å². The lowest BCUT2D eigenvalue weighted by Gasteiger charge is -2.15. The molecule has 0 fully saturated rings. The molecule has 0 bridgehead atoms. The largest absolute Gasteiger partial charge is 0.309 e. The van der Waals surface area contributed by atoms with Crippen molar-refractivity contribution >= 4 is 87.1 Å². The number of hydrogen-bond acceptors (Lipinski definition) is 1. The Morgan fingerprint density at radius 2 is 0.550 bits per heavy atom. The van der Waals surface area contributed by atoms with Gasteiger partial charge in [-0.1, -0.05) is 109 Å². The second-order valence-electron chi connectivity index (χ2n) is 15.7. The fourth-order valence-corrected chi connectivity index (χ4v) is 9.98. The second kappa shape index (κ2) is 12.4. The van der Waals surface area contributed by atoms with Crippen molar-refractivity contribution in [2.75, 3.05) is 0 Å². The molecular formula is C55H34N4O. The van der Waals surface area contributed by atoms with Crippen LogP contribution in [0.25, 0.3) is 110 Å². The van der Waals surface area contributed by atoms with Gasteiger partial charge in [-0.3, -0.25) is 9.36 Å². The highest BCUT2D eigenvalue weighted by Gasteiger charge is 2.21. The molecule has 0 aliphatic heterocycles. The van der Waals surface area contributed by atoms with E-state index in [1.165, 1.54) is 16.3 Å². The van der Waals surface area contributed by atoms with Crippen LogP contribution < -0.4 is 5.56 Å². The number of benzene rings is 9. The van der Waals surface area contributed by atoms with E-state index in [1.54, 1.807) is 0 Å². The minimum absolute atomic E-state index is 0.0346. The van der Waals surface area contributed by atoms with Crippen molar-refractivity contribution in [2.24, 2.45) is 0 Å². The first-order valence-corrected chi connectivity index (χ1v) is 20.4. The Morgan fingerprint density at radius 3 is 1.05 bits per heavy atom. The van der Waals surface area contributed by atoms with E-state index in [0.717, 1.165) is 88.2 Å². The maximum absolute atomic E-state index is 14.9. The Hall–Kier alpha value is -8.15. The van der Waals surface area contributed by atoms with Crippen molar-refractivity contribution in [3.63, 3.8) is 0 Å². The number of para-hydroxylation sites is 5. The lowest BCUT2D eigenvalue weighted by Crippen LogP contribution is -2.19. The van der Waals surface area contributed by atoms with Crippen molar-refractivity contribution in [2.45, 2.75) is 0 Å². The van der Waals surface area contributed by atoms with Crippen LogP contribution in [0.1, 0.15) is 0 Å². The highest BCUT2D eigenvalue weighted by molar-refractivity contribution is 6.18. The Balaban J connectivity index is 1.10. The minimum atomic E-state index is -0.0346. The quantitative estimate of drug-likeness (QED) is 0.164. The molecule has 5 heteroatoms. The van der Waals surface area contributed by atoms with Gasteiger partial charge in [0.05, 0.1) is 44.3 Å². The molecule has 0 aliphatic rings. The summed E-state index contributed by atoms with van der Waals surface area (Å²) < 4.78 is 9.00. The predicted molar refractivity (Wildman–Crippen MR) is 250 cm³/mol. The summed E-state index contributed by atoms with van der Waals surface area (Å²) in [6.07, 6.45) is 0. The van der Waals surface area contributed by atoms with E-state index in [2.05, 4.69) is 196 Å². The molecule has 13 aromatic rings. The third kappa shape index (κ3) is 4.54. The topological polar surface area (TPSA) is 36.8 Å². The third-order valence-corrected chi connectivity index (χ3v) is 12.5. The SMILES string of the molecule is O=c1c2ccccc2c2cc3c(cc2n1-c1ccc2c(c1)c1ccccc1n2-c1ccccc1)c1ccccc1n3-c1ccc2c(c1)c1ccccc1n2-c1ccccc1. The Labute approximate surface area is 343 Å². The summed E-state index contributed by atoms with van der Waals surface area (Å²) in [6.45, 7) is 0. The highest BCUT2D eigenvalue weighted by Crippen LogP contribution is 2.40. The molecule has 5 nitrogen and oxygen atoms in total. The van der Waals surface area contributed by atoms with Crippen LogP contribution in [-0.4, -0.2) is 18.3 Å². The van der Waals surface area contributed by atoms with Gasteiger partial charge < -0.3 is 13.7 Å². The standard InChI is InChI=1S/C55H34N4O/c60-55-43-23-8-7-19-39(43)46-33-53-47(34-54(46)59(55)38-28-30-52-45(32-38)41-21-10-13-25-49(41)57(52)36-17-5-2-6-18-36)42-22-11-14-26-50(42)58(53)37-27-29-51-44(31-37)40-20-9-12-24-48(40)56(51)35-15-3-1-4-16-35/h1-34H. The number of nitrogens with zero attached hydrogens (tertiary/aromatic N) is 4. The van der Waals surface area contributed by atoms with Gasteiger partial charge in [0.25, 0.3) is 5.56 Å². The first-order valence-electron chi connectivity index (χ1n) is 20.4. The van der Waals surface area contributed by atoms with Crippen molar-refractivity contribution in [1.29, 1.82) is 0 Å². The van der Waals surface area contributed by atoms with Gasteiger partial charge in [0.15, 0.2) is 0 Å². The number of aromatic nitrogens is 4. The number of pyridine rings is 1. The van der Waals surface area contributed by atoms with Crippen molar-refractivity contribution in [3.8, 4) is 22.7 Å². The number of fused-ring (bicyclic) bond motifs is 12. The van der Waals surface area contributed by atoms with E-state index >= 15 is 0 Å². The zero-order valence-corrected chi connectivity index (χ0v) is 32.3. The van der Waals surface area contributed by atoms with E-state index in [-0.39, 0.29) is 5.56 Å². The first kappa shape index (κ1) is 32.9. The van der Waals surface area contributed by atoms with Gasteiger partial charge in [-0.15, -0.1) is 0 Å². The molecule has 0 N–H and O–H groups in total. The molecule has 0 saturated heterocycles. The van der Waals surface area contributed by atoms with Crippen LogP contribution in [0.3, 0.4) is 0 Å². The molecule has 4 aromatic heterocycles. The van der Waals surface area contributed by atoms with Crippen molar-refractivity contribution < 1.29 is 0 Å². The molecule has 280 valence electrons. The van der Waals surface area contributed by atoms with Gasteiger partial charge in [-0.05, 0) is 102 Å². The monoisotopic (exact) mass is 766 g/mol. The fraction of sp³-hybridized carbons (Fsp3) is 0. The van der Waals surface area contributed by atoms with Gasteiger partial charge in [0.2, 0.25) is 0 Å². The van der Waals surface area contributed by atoms with E-state index in [0.29, 0.717) is 5.39 Å². The van der Waals surface area contributed by atoms with Crippen LogP contribution in [0.15, 0.2) is 211 Å². The molecule has 13 rings (SSSR count). The van der Waals surface area contributed by atoms with Crippen molar-refractivity contribution in [1.82, 2.24) is 18.3 Å². The van der Waals surface area contributed by atoms with Gasteiger partial charge in [0, 0.05) is 60.2 Å². The summed E-state index contributed by atoms with van der Waals surface area (Å²) in [5.41, 5.74) is 11.8. The molecule has 0 radical (unpaired) electrons. The number of hydrogen-bond donors (Lipinski definition) is 0. The first-order chi connectivity index (χ1) is 29.7. The maximum atomic E-state index is 14.9. The lowest BCUT2D eigenvalue weighted by molar-refractivity contribution is 1.06. The van der Waals surface area contributed by atoms with Crippen LogP contribution in [0.2, 0.25) is 0 Å². The van der Waals surface area contributed by atoms with Crippen LogP contribution in [0, 0.1) is 0 Å². The Bertz CT molecular complexity index is 3960. The lowest BCUT2D eigenvalue weighted by atomic mass is 10.0. The molecule has 0 saturated carbocycles. The molecule has 0 amide bonds. The molecule has 0 unspecified atom stereocenters. The van der Waals surface area contributed by atoms with E-state index < -0.39 is 0 Å². The smallest absolute Gasteiger partial charge is 0.263 e. The van der Waals surface area contributed by atoms with Gasteiger partial charge in [-0.25, -0.2) is 0 Å². The van der Waals surface area contributed by atoms with E-state index in [9.17, 15) is 4.79 Å². The zero-order chi connectivity index (χ0) is 39.5. The fourth-order valence-electron chi connectivity index (χ4n) is 9.98. The molecule has 9 aromatic carbocycles. The maximum Gasteiger partial charge on any atom is 0.263 e. The van der Waals surface area contributed by atoms with Crippen LogP contribution in [0.5, 0.6) is 0 Å². The summed E-state index contributed by atoms with van der Waals surface area (Å²) in [7, 11) is 0. The van der Waals surface area contributed by atoms with Crippen LogP contribution in [-0.2, 0) is 0 Å². The average Bonchev–Trinajstić information content (AvgIpc) is 3.94. The van der Waals surface area contributed by atoms with Gasteiger partial charge >= 0.3 is 0 Å². The molecule has 0 spiro atoms. The zero-order valence-electron chi connectivity index (χ0n) is 32.3. The molecular weight excluding hydrogens is 733 g/mol. The van der Waals surface area contributed by atoms with Gasteiger partial charge in [0.1, 0.15) is 0 Å². The minimum Gasteiger partial charge on any atom is -0.309 e. The van der Waals surface area contributed by atoms with Crippen LogP contribution >= 0.6 is 0 Å². The highest BCUT2D eigenvalue weighted by atomic mass is 16.1. The summed E-state index contributed by atoms with van der Waals surface area (Å²) in [4.78, 5) is 14.9. The summed E-state index contributed by atoms with van der Waals surface area (Å²) in [5.74, 6) is 0. The number of rotatable bonds is 4. The Morgan fingerprint density at radius 1 is 0.217 bits per heavy atom.